The molecule has 0 radical (unpaired) electrons. The summed E-state index contributed by atoms with van der Waals surface area (Å²) >= 11 is 1.73. The van der Waals surface area contributed by atoms with Crippen molar-refractivity contribution in [1.29, 1.82) is 0 Å². The first-order valence-electron chi connectivity index (χ1n) is 11.0. The summed E-state index contributed by atoms with van der Waals surface area (Å²) in [6.45, 7) is 13.6. The Balaban J connectivity index is 1.94. The summed E-state index contributed by atoms with van der Waals surface area (Å²) in [5.41, 5.74) is 4.78. The maximum atomic E-state index is 6.16. The predicted molar refractivity (Wildman–Crippen MR) is 122 cm³/mol. The van der Waals surface area contributed by atoms with Crippen LogP contribution in [0.4, 0.5) is 5.95 Å². The van der Waals surface area contributed by atoms with E-state index in [0.29, 0.717) is 6.61 Å². The lowest BCUT2D eigenvalue weighted by molar-refractivity contribution is -0.0401. The summed E-state index contributed by atoms with van der Waals surface area (Å²) in [5, 5.41) is 1.23. The number of nitrogens with zero attached hydrogens (tertiary/aromatic N) is 4. The maximum absolute atomic E-state index is 6.16. The number of thiophene rings is 1. The van der Waals surface area contributed by atoms with Gasteiger partial charge in [0.25, 0.3) is 0 Å². The van der Waals surface area contributed by atoms with Gasteiger partial charge in [0.2, 0.25) is 5.95 Å². The fourth-order valence-corrected chi connectivity index (χ4v) is 5.33. The van der Waals surface area contributed by atoms with Gasteiger partial charge in [-0.15, -0.1) is 11.3 Å². The molecule has 4 heterocycles. The number of pyridine rings is 1. The van der Waals surface area contributed by atoms with Crippen LogP contribution in [-0.4, -0.2) is 33.6 Å². The van der Waals surface area contributed by atoms with Crippen molar-refractivity contribution in [2.24, 2.45) is 0 Å². The molecule has 0 aromatic carbocycles. The molecule has 0 spiro atoms. The molecule has 1 aliphatic heterocycles. The summed E-state index contributed by atoms with van der Waals surface area (Å²) < 4.78 is 7.29. The Morgan fingerprint density at radius 2 is 1.83 bits per heavy atom. The van der Waals surface area contributed by atoms with E-state index in [1.54, 1.807) is 11.3 Å². The number of rotatable bonds is 7. The van der Waals surface area contributed by atoms with E-state index >= 15 is 0 Å². The van der Waals surface area contributed by atoms with Crippen LogP contribution in [0, 0.1) is 0 Å². The molecule has 1 aliphatic rings. The largest absolute Gasteiger partial charge is 0.370 e. The lowest BCUT2D eigenvalue weighted by Crippen LogP contribution is -2.32. The summed E-state index contributed by atoms with van der Waals surface area (Å²) in [6, 6.07) is 0. The minimum absolute atomic E-state index is 0.161. The topological polar surface area (TPSA) is 51.1 Å². The first-order chi connectivity index (χ1) is 14.0. The van der Waals surface area contributed by atoms with Gasteiger partial charge in [0.05, 0.1) is 28.6 Å². The number of hydrogen-bond acceptors (Lipinski definition) is 6. The summed E-state index contributed by atoms with van der Waals surface area (Å²) in [7, 11) is 0. The number of fused-ring (bicyclic) bond motifs is 5. The predicted octanol–water partition coefficient (Wildman–Crippen LogP) is 5.67. The van der Waals surface area contributed by atoms with Crippen LogP contribution in [0.5, 0.6) is 0 Å². The molecule has 5 nitrogen and oxygen atoms in total. The van der Waals surface area contributed by atoms with Crippen molar-refractivity contribution in [2.75, 3.05) is 18.0 Å². The van der Waals surface area contributed by atoms with Gasteiger partial charge in [-0.3, -0.25) is 0 Å². The van der Waals surface area contributed by atoms with Crippen LogP contribution in [0.25, 0.3) is 20.4 Å². The van der Waals surface area contributed by atoms with Crippen LogP contribution < -0.4 is 4.90 Å². The van der Waals surface area contributed by atoms with Crippen LogP contribution in [0.3, 0.4) is 0 Å². The monoisotopic (exact) mass is 412 g/mol. The average molecular weight is 413 g/mol. The Labute approximate surface area is 177 Å². The van der Waals surface area contributed by atoms with E-state index in [4.69, 9.17) is 19.7 Å². The van der Waals surface area contributed by atoms with Gasteiger partial charge in [0, 0.05) is 36.2 Å². The highest BCUT2D eigenvalue weighted by atomic mass is 32.1. The zero-order chi connectivity index (χ0) is 20.6. The Kier molecular flexibility index (Phi) is 5.76. The van der Waals surface area contributed by atoms with E-state index in [1.807, 2.05) is 6.20 Å². The SMILES string of the molecule is CCCc1nc2sc3cnc(N(CCC)CCC)nc3c2c2c1COC(C)(C)C2. The van der Waals surface area contributed by atoms with E-state index in [1.165, 1.54) is 22.2 Å². The van der Waals surface area contributed by atoms with Crippen molar-refractivity contribution in [3.63, 3.8) is 0 Å². The third-order valence-electron chi connectivity index (χ3n) is 5.62. The second-order valence-corrected chi connectivity index (χ2v) is 9.67. The highest BCUT2D eigenvalue weighted by molar-refractivity contribution is 7.25. The van der Waals surface area contributed by atoms with Crippen molar-refractivity contribution >= 4 is 37.7 Å². The van der Waals surface area contributed by atoms with Crippen LogP contribution in [0.2, 0.25) is 0 Å². The lowest BCUT2D eigenvalue weighted by Gasteiger charge is -2.33. The second-order valence-electron chi connectivity index (χ2n) is 8.64. The van der Waals surface area contributed by atoms with Gasteiger partial charge in [-0.25, -0.2) is 15.0 Å². The van der Waals surface area contributed by atoms with Gasteiger partial charge < -0.3 is 9.64 Å². The minimum Gasteiger partial charge on any atom is -0.370 e. The highest BCUT2D eigenvalue weighted by Gasteiger charge is 2.31. The van der Waals surface area contributed by atoms with Gasteiger partial charge in [-0.2, -0.15) is 0 Å². The molecule has 0 bridgehead atoms. The molecule has 0 saturated heterocycles. The van der Waals surface area contributed by atoms with Crippen LogP contribution in [-0.2, 0) is 24.2 Å². The van der Waals surface area contributed by atoms with Gasteiger partial charge >= 0.3 is 0 Å². The molecule has 0 aliphatic carbocycles. The second kappa shape index (κ2) is 8.15. The minimum atomic E-state index is -0.161. The average Bonchev–Trinajstić information content (AvgIpc) is 3.05. The molecule has 0 fully saturated rings. The fraction of sp³-hybridized carbons (Fsp3) is 0.609. The number of anilines is 1. The van der Waals surface area contributed by atoms with Crippen molar-refractivity contribution in [1.82, 2.24) is 15.0 Å². The number of ether oxygens (including phenoxy) is 1. The Morgan fingerprint density at radius 1 is 1.07 bits per heavy atom. The first-order valence-corrected chi connectivity index (χ1v) is 11.8. The van der Waals surface area contributed by atoms with Gasteiger partial charge in [-0.05, 0) is 38.7 Å². The normalized spacial score (nSPS) is 15.8. The van der Waals surface area contributed by atoms with E-state index < -0.39 is 0 Å². The Morgan fingerprint density at radius 3 is 2.52 bits per heavy atom. The smallest absolute Gasteiger partial charge is 0.225 e. The summed E-state index contributed by atoms with van der Waals surface area (Å²) in [5.74, 6) is 0.846. The van der Waals surface area contributed by atoms with Crippen LogP contribution in [0.1, 0.15) is 70.7 Å². The fourth-order valence-electron chi connectivity index (χ4n) is 4.29. The Hall–Kier alpha value is -1.79. The molecule has 0 unspecified atom stereocenters. The number of aromatic nitrogens is 3. The maximum Gasteiger partial charge on any atom is 0.225 e. The van der Waals surface area contributed by atoms with E-state index in [2.05, 4.69) is 39.5 Å². The van der Waals surface area contributed by atoms with Crippen molar-refractivity contribution < 1.29 is 4.74 Å². The highest BCUT2D eigenvalue weighted by Crippen LogP contribution is 2.41. The molecule has 0 saturated carbocycles. The van der Waals surface area contributed by atoms with Crippen LogP contribution >= 0.6 is 11.3 Å². The quantitative estimate of drug-likeness (QED) is 0.500. The number of aryl methyl sites for hydroxylation is 1. The molecule has 0 N–H and O–H groups in total. The molecule has 3 aromatic rings. The zero-order valence-electron chi connectivity index (χ0n) is 18.3. The molecule has 0 atom stereocenters. The van der Waals surface area contributed by atoms with Crippen molar-refractivity contribution in [3.05, 3.63) is 23.0 Å². The van der Waals surface area contributed by atoms with E-state index in [0.717, 1.165) is 66.2 Å². The van der Waals surface area contributed by atoms with Gasteiger partial charge in [0.1, 0.15) is 4.83 Å². The molecule has 6 heteroatoms. The van der Waals surface area contributed by atoms with Gasteiger partial charge in [-0.1, -0.05) is 27.2 Å². The third-order valence-corrected chi connectivity index (χ3v) is 6.62. The molecule has 3 aromatic heterocycles. The molecule has 4 rings (SSSR count). The summed E-state index contributed by atoms with van der Waals surface area (Å²) in [6.07, 6.45) is 7.17. The van der Waals surface area contributed by atoms with Crippen LogP contribution in [0.15, 0.2) is 6.20 Å². The summed E-state index contributed by atoms with van der Waals surface area (Å²) in [4.78, 5) is 18.3. The molecule has 156 valence electrons. The third kappa shape index (κ3) is 3.84. The standard InChI is InChI=1S/C23H32N4OS/c1-6-9-17-16-14-28-23(4,5)12-15(16)19-20-18(29-21(19)25-17)13-24-22(26-20)27(10-7-2)11-8-3/h13H,6-12,14H2,1-5H3. The zero-order valence-corrected chi connectivity index (χ0v) is 19.2. The molecule has 29 heavy (non-hydrogen) atoms. The van der Waals surface area contributed by atoms with E-state index in [9.17, 15) is 0 Å². The Bertz CT molecular complexity index is 1020. The molecular weight excluding hydrogens is 380 g/mol. The van der Waals surface area contributed by atoms with Crippen molar-refractivity contribution in [3.8, 4) is 0 Å². The lowest BCUT2D eigenvalue weighted by atomic mass is 9.88. The molecular formula is C23H32N4OS. The first kappa shape index (κ1) is 20.5. The van der Waals surface area contributed by atoms with Crippen molar-refractivity contribution in [2.45, 2.75) is 78.9 Å². The van der Waals surface area contributed by atoms with E-state index in [-0.39, 0.29) is 5.60 Å². The molecule has 0 amide bonds. The number of hydrogen-bond donors (Lipinski definition) is 0. The van der Waals surface area contributed by atoms with Gasteiger partial charge in [0.15, 0.2) is 0 Å².